The van der Waals surface area contributed by atoms with Gasteiger partial charge in [0, 0.05) is 50.1 Å². The lowest BCUT2D eigenvalue weighted by Crippen LogP contribution is -2.34. The van der Waals surface area contributed by atoms with Gasteiger partial charge in [0.1, 0.15) is 11.6 Å². The first-order chi connectivity index (χ1) is 16.8. The van der Waals surface area contributed by atoms with Gasteiger partial charge in [-0.15, -0.1) is 0 Å². The summed E-state index contributed by atoms with van der Waals surface area (Å²) in [6.07, 6.45) is -6.32. The van der Waals surface area contributed by atoms with Crippen LogP contribution in [0, 0.1) is 11.3 Å². The largest absolute Gasteiger partial charge is 0.416 e. The van der Waals surface area contributed by atoms with E-state index in [4.69, 9.17) is 10.4 Å². The van der Waals surface area contributed by atoms with Gasteiger partial charge in [-0.2, -0.15) is 26.3 Å². The average molecular weight is 516 g/mol. The van der Waals surface area contributed by atoms with E-state index in [1.165, 1.54) is 6.42 Å². The fourth-order valence-corrected chi connectivity index (χ4v) is 4.24. The molecule has 0 radical (unpaired) electrons. The summed E-state index contributed by atoms with van der Waals surface area (Å²) in [7, 11) is 1.71. The third kappa shape index (κ3) is 6.68. The Bertz CT molecular complexity index is 1040. The normalized spacial score (nSPS) is 14.5. The lowest BCUT2D eigenvalue weighted by molar-refractivity contribution is -0.143. The van der Waals surface area contributed by atoms with Crippen LogP contribution in [0.15, 0.2) is 24.3 Å². The number of hydrogen-bond acceptors (Lipinski definition) is 5. The van der Waals surface area contributed by atoms with E-state index in [9.17, 15) is 26.3 Å². The third-order valence-corrected chi connectivity index (χ3v) is 6.40. The number of pyridine rings is 1. The molecular weight excluding hydrogens is 484 g/mol. The molecule has 1 fully saturated rings. The first-order valence-corrected chi connectivity index (χ1v) is 11.8. The summed E-state index contributed by atoms with van der Waals surface area (Å²) < 4.78 is 79.2. The minimum absolute atomic E-state index is 0.122. The molecule has 3 N–H and O–H groups in total. The van der Waals surface area contributed by atoms with E-state index in [0.29, 0.717) is 29.7 Å². The molecule has 3 rings (SSSR count). The Morgan fingerprint density at radius 3 is 2.08 bits per heavy atom. The number of rotatable bonds is 10. The Morgan fingerprint density at radius 2 is 1.64 bits per heavy atom. The monoisotopic (exact) mass is 515 g/mol. The highest BCUT2D eigenvalue weighted by molar-refractivity contribution is 6.01. The van der Waals surface area contributed by atoms with Crippen molar-refractivity contribution in [1.82, 2.24) is 10.3 Å². The highest BCUT2D eigenvalue weighted by Crippen LogP contribution is 2.36. The molecule has 36 heavy (non-hydrogen) atoms. The number of benzene rings is 1. The lowest BCUT2D eigenvalue weighted by atomic mass is 9.85. The summed E-state index contributed by atoms with van der Waals surface area (Å²) in [4.78, 5) is 6.89. The summed E-state index contributed by atoms with van der Waals surface area (Å²) in [5.41, 5.74) is -1.21. The number of nitrogens with one attached hydrogen (secondary N) is 3. The van der Waals surface area contributed by atoms with Crippen molar-refractivity contribution in [3.63, 3.8) is 0 Å². The second kappa shape index (κ2) is 11.1. The molecular formula is C25H31F6N5. The predicted molar refractivity (Wildman–Crippen MR) is 129 cm³/mol. The molecule has 0 spiro atoms. The zero-order chi connectivity index (χ0) is 26.7. The van der Waals surface area contributed by atoms with Crippen LogP contribution in [0.5, 0.6) is 0 Å². The van der Waals surface area contributed by atoms with Gasteiger partial charge in [-0.05, 0) is 62.4 Å². The van der Waals surface area contributed by atoms with Crippen LogP contribution >= 0.6 is 0 Å². The fraction of sp³-hybridized carbons (Fsp3) is 0.520. The molecule has 1 aromatic carbocycles. The summed E-state index contributed by atoms with van der Waals surface area (Å²) >= 11 is 0. The van der Waals surface area contributed by atoms with Gasteiger partial charge in [0.15, 0.2) is 0 Å². The van der Waals surface area contributed by atoms with Crippen molar-refractivity contribution in [2.75, 3.05) is 30.4 Å². The van der Waals surface area contributed by atoms with Crippen LogP contribution in [0.2, 0.25) is 0 Å². The molecule has 2 aromatic rings. The molecule has 5 nitrogen and oxygen atoms in total. The molecule has 1 aliphatic carbocycles. The van der Waals surface area contributed by atoms with Gasteiger partial charge in [0.25, 0.3) is 0 Å². The van der Waals surface area contributed by atoms with Crippen molar-refractivity contribution in [3.8, 4) is 0 Å². The average Bonchev–Trinajstić information content (AvgIpc) is 2.77. The molecule has 0 saturated heterocycles. The number of hydrogen-bond donors (Lipinski definition) is 3. The topological polar surface area (TPSA) is 64.0 Å². The van der Waals surface area contributed by atoms with Crippen LogP contribution < -0.4 is 15.5 Å². The second-order valence-electron chi connectivity index (χ2n) is 9.10. The number of aromatic nitrogens is 1. The van der Waals surface area contributed by atoms with Gasteiger partial charge in [0.05, 0.1) is 11.1 Å². The van der Waals surface area contributed by atoms with Crippen molar-refractivity contribution in [2.45, 2.75) is 58.6 Å². The van der Waals surface area contributed by atoms with Crippen LogP contribution in [0.1, 0.15) is 60.9 Å². The van der Waals surface area contributed by atoms with Crippen molar-refractivity contribution >= 4 is 17.3 Å². The van der Waals surface area contributed by atoms with E-state index in [1.807, 2.05) is 6.92 Å². The molecule has 0 bridgehead atoms. The Balaban J connectivity index is 1.90. The highest BCUT2D eigenvalue weighted by atomic mass is 19.4. The van der Waals surface area contributed by atoms with E-state index in [0.717, 1.165) is 37.1 Å². The number of alkyl halides is 6. The Labute approximate surface area is 206 Å². The quantitative estimate of drug-likeness (QED) is 0.251. The van der Waals surface area contributed by atoms with Gasteiger partial charge in [-0.3, -0.25) is 0 Å². The first-order valence-electron chi connectivity index (χ1n) is 11.8. The number of halogens is 6. The second-order valence-corrected chi connectivity index (χ2v) is 9.10. The first kappa shape index (κ1) is 27.8. The SMILES string of the molecule is CCN(CC1CCC1)c1nc(NC)c(C(C)=N)cc1CNCc1cc(C(F)(F)F)cc(C(F)(F)F)c1. The Kier molecular flexibility index (Phi) is 8.53. The van der Waals surface area contributed by atoms with Crippen molar-refractivity contribution < 1.29 is 26.3 Å². The van der Waals surface area contributed by atoms with Gasteiger partial charge < -0.3 is 20.9 Å². The molecule has 0 unspecified atom stereocenters. The molecule has 11 heteroatoms. The van der Waals surface area contributed by atoms with Crippen LogP contribution in [0.25, 0.3) is 0 Å². The van der Waals surface area contributed by atoms with E-state index < -0.39 is 23.5 Å². The molecule has 1 heterocycles. The van der Waals surface area contributed by atoms with E-state index in [2.05, 4.69) is 15.5 Å². The standard InChI is InChI=1S/C25H31F6N5/c1-4-36(14-16-6-5-7-16)23-18(10-21(15(2)32)22(33-3)35-23)13-34-12-17-8-19(24(26,27)28)11-20(9-17)25(29,30)31/h8-11,16,32,34H,4-7,12-14H2,1-3H3,(H,33,35). The molecule has 0 amide bonds. The molecule has 1 aromatic heterocycles. The van der Waals surface area contributed by atoms with E-state index in [1.54, 1.807) is 20.0 Å². The maximum absolute atomic E-state index is 13.2. The maximum atomic E-state index is 13.2. The van der Waals surface area contributed by atoms with Gasteiger partial charge in [-0.1, -0.05) is 6.42 Å². The van der Waals surface area contributed by atoms with E-state index >= 15 is 0 Å². The number of anilines is 2. The van der Waals surface area contributed by atoms with E-state index in [-0.39, 0.29) is 30.4 Å². The van der Waals surface area contributed by atoms with Crippen LogP contribution in [-0.2, 0) is 25.4 Å². The van der Waals surface area contributed by atoms with Crippen LogP contribution in [0.4, 0.5) is 38.0 Å². The van der Waals surface area contributed by atoms with Crippen LogP contribution in [0.3, 0.4) is 0 Å². The van der Waals surface area contributed by atoms with Gasteiger partial charge >= 0.3 is 12.4 Å². The summed E-state index contributed by atoms with van der Waals surface area (Å²) in [6.45, 7) is 5.09. The molecule has 0 atom stereocenters. The number of nitrogens with zero attached hydrogens (tertiary/aromatic N) is 2. The zero-order valence-corrected chi connectivity index (χ0v) is 20.5. The molecule has 0 aliphatic heterocycles. The Morgan fingerprint density at radius 1 is 1.03 bits per heavy atom. The van der Waals surface area contributed by atoms with Crippen molar-refractivity contribution in [2.24, 2.45) is 5.92 Å². The lowest BCUT2D eigenvalue weighted by Gasteiger charge is -2.34. The van der Waals surface area contributed by atoms with Gasteiger partial charge in [-0.25, -0.2) is 4.98 Å². The van der Waals surface area contributed by atoms with Crippen molar-refractivity contribution in [3.05, 3.63) is 52.1 Å². The summed E-state index contributed by atoms with van der Waals surface area (Å²) in [5, 5.41) is 14.1. The molecule has 198 valence electrons. The predicted octanol–water partition coefficient (Wildman–Crippen LogP) is 6.46. The smallest absolute Gasteiger partial charge is 0.373 e. The zero-order valence-electron chi connectivity index (χ0n) is 20.5. The summed E-state index contributed by atoms with van der Waals surface area (Å²) in [5.74, 6) is 1.79. The summed E-state index contributed by atoms with van der Waals surface area (Å²) in [6, 6.07) is 3.39. The minimum Gasteiger partial charge on any atom is -0.373 e. The van der Waals surface area contributed by atoms with Gasteiger partial charge in [0.2, 0.25) is 0 Å². The van der Waals surface area contributed by atoms with Crippen LogP contribution in [-0.4, -0.2) is 30.8 Å². The molecule has 1 saturated carbocycles. The fourth-order valence-electron chi connectivity index (χ4n) is 4.24. The highest BCUT2D eigenvalue weighted by Gasteiger charge is 2.36. The van der Waals surface area contributed by atoms with Crippen molar-refractivity contribution in [1.29, 1.82) is 5.41 Å². The minimum atomic E-state index is -4.89. The Hall–Kier alpha value is -2.82. The third-order valence-electron chi connectivity index (χ3n) is 6.40. The molecule has 1 aliphatic rings. The maximum Gasteiger partial charge on any atom is 0.416 e.